The van der Waals surface area contributed by atoms with E-state index in [2.05, 4.69) is 4.99 Å². The van der Waals surface area contributed by atoms with E-state index in [1.807, 2.05) is 41.6 Å². The van der Waals surface area contributed by atoms with Gasteiger partial charge in [-0.2, -0.15) is 0 Å². The minimum Gasteiger partial charge on any atom is -0.493 e. The monoisotopic (exact) mass is 618 g/mol. The minimum atomic E-state index is -0.719. The first kappa shape index (κ1) is 25.3. The quantitative estimate of drug-likeness (QED) is 0.0864. The second kappa shape index (κ2) is 10.5. The SMILES string of the molecule is COc1cc(/C=C2\N=C(c3ccc([N+](=O)[O-])cc3Cl)OC2=O)cc(I)c1OC(=O)c1ccc(C)cc1. The van der Waals surface area contributed by atoms with Crippen LogP contribution in [0.5, 0.6) is 11.5 Å². The Hall–Kier alpha value is -3.77. The number of hydrogen-bond acceptors (Lipinski definition) is 8. The molecule has 3 aromatic rings. The number of nitro groups is 1. The molecule has 3 aromatic carbocycles. The molecular weight excluding hydrogens is 603 g/mol. The van der Waals surface area contributed by atoms with E-state index in [0.717, 1.165) is 11.6 Å². The molecule has 0 bridgehead atoms. The van der Waals surface area contributed by atoms with E-state index >= 15 is 0 Å². The zero-order valence-corrected chi connectivity index (χ0v) is 21.7. The van der Waals surface area contributed by atoms with Crippen LogP contribution in [0.2, 0.25) is 5.02 Å². The first-order chi connectivity index (χ1) is 17.2. The maximum Gasteiger partial charge on any atom is 0.363 e. The fraction of sp³-hybridized carbons (Fsp3) is 0.0800. The van der Waals surface area contributed by atoms with E-state index in [1.54, 1.807) is 24.3 Å². The highest BCUT2D eigenvalue weighted by Gasteiger charge is 2.27. The topological polar surface area (TPSA) is 117 Å². The fourth-order valence-electron chi connectivity index (χ4n) is 3.24. The van der Waals surface area contributed by atoms with Crippen molar-refractivity contribution >= 4 is 63.8 Å². The summed E-state index contributed by atoms with van der Waals surface area (Å²) in [6.45, 7) is 1.92. The van der Waals surface area contributed by atoms with Crippen molar-refractivity contribution < 1.29 is 28.7 Å². The van der Waals surface area contributed by atoms with Crippen LogP contribution in [0.4, 0.5) is 5.69 Å². The van der Waals surface area contributed by atoms with Crippen molar-refractivity contribution in [3.63, 3.8) is 0 Å². The van der Waals surface area contributed by atoms with Crippen molar-refractivity contribution in [2.45, 2.75) is 6.92 Å². The maximum atomic E-state index is 12.6. The predicted octanol–water partition coefficient (Wildman–Crippen LogP) is 5.73. The van der Waals surface area contributed by atoms with Crippen molar-refractivity contribution in [2.24, 2.45) is 4.99 Å². The van der Waals surface area contributed by atoms with Crippen LogP contribution in [0.3, 0.4) is 0 Å². The van der Waals surface area contributed by atoms with Crippen LogP contribution in [0, 0.1) is 20.6 Å². The molecule has 0 N–H and O–H groups in total. The van der Waals surface area contributed by atoms with Gasteiger partial charge in [-0.15, -0.1) is 0 Å². The molecule has 182 valence electrons. The molecule has 1 aliphatic rings. The van der Waals surface area contributed by atoms with Crippen molar-refractivity contribution in [1.82, 2.24) is 0 Å². The van der Waals surface area contributed by atoms with Gasteiger partial charge in [0.2, 0.25) is 5.90 Å². The predicted molar refractivity (Wildman–Crippen MR) is 141 cm³/mol. The molecule has 0 saturated carbocycles. The molecule has 0 unspecified atom stereocenters. The van der Waals surface area contributed by atoms with Gasteiger partial charge < -0.3 is 14.2 Å². The van der Waals surface area contributed by atoms with Crippen LogP contribution < -0.4 is 9.47 Å². The Kier molecular flexibility index (Phi) is 7.36. The molecule has 0 saturated heterocycles. The van der Waals surface area contributed by atoms with Gasteiger partial charge in [0.05, 0.1) is 31.8 Å². The largest absolute Gasteiger partial charge is 0.493 e. The van der Waals surface area contributed by atoms with Crippen molar-refractivity contribution in [3.8, 4) is 11.5 Å². The Morgan fingerprint density at radius 1 is 1.17 bits per heavy atom. The molecule has 4 rings (SSSR count). The lowest BCUT2D eigenvalue weighted by Crippen LogP contribution is -2.10. The summed E-state index contributed by atoms with van der Waals surface area (Å²) in [6.07, 6.45) is 1.48. The molecule has 11 heteroatoms. The molecule has 0 aliphatic carbocycles. The molecule has 0 spiro atoms. The first-order valence-corrected chi connectivity index (χ1v) is 11.7. The van der Waals surface area contributed by atoms with Crippen LogP contribution in [0.25, 0.3) is 6.08 Å². The molecular formula is C25H16ClIN2O7. The summed E-state index contributed by atoms with van der Waals surface area (Å²) in [5.41, 5.74) is 1.98. The van der Waals surface area contributed by atoms with Gasteiger partial charge in [0, 0.05) is 12.1 Å². The lowest BCUT2D eigenvalue weighted by molar-refractivity contribution is -0.384. The van der Waals surface area contributed by atoms with E-state index < -0.39 is 16.9 Å². The molecule has 1 aliphatic heterocycles. The highest BCUT2D eigenvalue weighted by molar-refractivity contribution is 14.1. The number of non-ortho nitro benzene ring substituents is 1. The lowest BCUT2D eigenvalue weighted by Gasteiger charge is -2.12. The van der Waals surface area contributed by atoms with E-state index in [9.17, 15) is 19.7 Å². The second-order valence-corrected chi connectivity index (χ2v) is 9.12. The van der Waals surface area contributed by atoms with Gasteiger partial charge >= 0.3 is 11.9 Å². The first-order valence-electron chi connectivity index (χ1n) is 10.3. The number of nitro benzene ring substituents is 1. The van der Waals surface area contributed by atoms with Crippen LogP contribution in [0.1, 0.15) is 27.0 Å². The number of esters is 2. The molecule has 0 aromatic heterocycles. The highest BCUT2D eigenvalue weighted by atomic mass is 127. The summed E-state index contributed by atoms with van der Waals surface area (Å²) in [7, 11) is 1.43. The number of methoxy groups -OCH3 is 1. The standard InChI is InChI=1S/C25H16ClIN2O7/c1-13-3-5-15(6-4-13)24(30)35-22-19(27)9-14(11-21(22)34-2)10-20-25(31)36-23(28-20)17-8-7-16(29(32)33)12-18(17)26/h3-12H,1-2H3/b20-10-. The Balaban J connectivity index is 1.62. The normalized spacial score (nSPS) is 13.8. The van der Waals surface area contributed by atoms with Crippen LogP contribution in [-0.2, 0) is 9.53 Å². The average Bonchev–Trinajstić information content (AvgIpc) is 3.20. The summed E-state index contributed by atoms with van der Waals surface area (Å²) in [6, 6.07) is 14.0. The third-order valence-electron chi connectivity index (χ3n) is 5.05. The summed E-state index contributed by atoms with van der Waals surface area (Å²) < 4.78 is 16.8. The van der Waals surface area contributed by atoms with Gasteiger partial charge in [-0.05, 0) is 71.5 Å². The third kappa shape index (κ3) is 5.39. The van der Waals surface area contributed by atoms with Gasteiger partial charge in [-0.1, -0.05) is 29.3 Å². The number of ether oxygens (including phenoxy) is 3. The number of cyclic esters (lactones) is 1. The summed E-state index contributed by atoms with van der Waals surface area (Å²) in [5.74, 6) is -0.810. The zero-order valence-electron chi connectivity index (χ0n) is 18.8. The number of aliphatic imine (C=N–C) groups is 1. The second-order valence-electron chi connectivity index (χ2n) is 7.55. The zero-order chi connectivity index (χ0) is 26.0. The van der Waals surface area contributed by atoms with Gasteiger partial charge in [0.1, 0.15) is 0 Å². The average molecular weight is 619 g/mol. The molecule has 0 amide bonds. The van der Waals surface area contributed by atoms with E-state index in [1.165, 1.54) is 25.3 Å². The van der Waals surface area contributed by atoms with E-state index in [0.29, 0.717) is 14.7 Å². The van der Waals surface area contributed by atoms with Crippen molar-refractivity contribution in [2.75, 3.05) is 7.11 Å². The fourth-order valence-corrected chi connectivity index (χ4v) is 4.23. The molecule has 0 atom stereocenters. The Bertz CT molecular complexity index is 1470. The van der Waals surface area contributed by atoms with Gasteiger partial charge in [-0.3, -0.25) is 10.1 Å². The Morgan fingerprint density at radius 3 is 2.53 bits per heavy atom. The molecule has 0 radical (unpaired) electrons. The van der Waals surface area contributed by atoms with Crippen molar-refractivity contribution in [3.05, 3.63) is 101 Å². The third-order valence-corrected chi connectivity index (χ3v) is 6.17. The smallest absolute Gasteiger partial charge is 0.363 e. The van der Waals surface area contributed by atoms with Crippen LogP contribution in [-0.4, -0.2) is 29.9 Å². The maximum absolute atomic E-state index is 12.6. The number of rotatable bonds is 6. The van der Waals surface area contributed by atoms with E-state index in [-0.39, 0.29) is 39.4 Å². The number of halogens is 2. The van der Waals surface area contributed by atoms with Crippen molar-refractivity contribution in [1.29, 1.82) is 0 Å². The van der Waals surface area contributed by atoms with Gasteiger partial charge in [-0.25, -0.2) is 14.6 Å². The Morgan fingerprint density at radius 2 is 1.89 bits per heavy atom. The van der Waals surface area contributed by atoms with Gasteiger partial charge in [0.25, 0.3) is 5.69 Å². The summed E-state index contributed by atoms with van der Waals surface area (Å²) in [4.78, 5) is 39.5. The van der Waals surface area contributed by atoms with Gasteiger partial charge in [0.15, 0.2) is 17.2 Å². The lowest BCUT2D eigenvalue weighted by atomic mass is 10.1. The molecule has 36 heavy (non-hydrogen) atoms. The number of aryl methyl sites for hydroxylation is 1. The number of nitrogens with zero attached hydrogens (tertiary/aromatic N) is 2. The Labute approximate surface area is 223 Å². The summed E-state index contributed by atoms with van der Waals surface area (Å²) >= 11 is 8.13. The van der Waals surface area contributed by atoms with Crippen LogP contribution in [0.15, 0.2) is 65.3 Å². The summed E-state index contributed by atoms with van der Waals surface area (Å²) in [5, 5.41) is 10.9. The van der Waals surface area contributed by atoms with Crippen LogP contribution >= 0.6 is 34.2 Å². The molecule has 1 heterocycles. The minimum absolute atomic E-state index is 0.0123. The number of carbonyl (C=O) groups is 2. The molecule has 0 fully saturated rings. The number of hydrogen-bond donors (Lipinski definition) is 0. The molecule has 9 nitrogen and oxygen atoms in total. The number of carbonyl (C=O) groups excluding carboxylic acids is 2. The highest BCUT2D eigenvalue weighted by Crippen LogP contribution is 2.36. The number of benzene rings is 3. The van der Waals surface area contributed by atoms with E-state index in [4.69, 9.17) is 25.8 Å².